The second-order valence-electron chi connectivity index (χ2n) is 6.00. The largest absolute Gasteiger partial charge is 0.352 e. The minimum absolute atomic E-state index is 0.0402. The Bertz CT molecular complexity index is 947. The maximum Gasteiger partial charge on any atom is 0.274 e. The van der Waals surface area contributed by atoms with Crippen LogP contribution in [0.1, 0.15) is 20.3 Å². The molecule has 26 heavy (non-hydrogen) atoms. The van der Waals surface area contributed by atoms with E-state index in [-0.39, 0.29) is 29.9 Å². The molecule has 2 aromatic heterocycles. The van der Waals surface area contributed by atoms with Gasteiger partial charge in [-0.25, -0.2) is 0 Å². The van der Waals surface area contributed by atoms with Crippen LogP contribution < -0.4 is 10.9 Å². The third-order valence-corrected chi connectivity index (χ3v) is 4.05. The van der Waals surface area contributed by atoms with Crippen LogP contribution in [0, 0.1) is 0 Å². The molecule has 0 radical (unpaired) electrons. The number of benzene rings is 1. The minimum Gasteiger partial charge on any atom is -0.352 e. The molecule has 7 heteroatoms. The average Bonchev–Trinajstić information content (AvgIpc) is 3.14. The van der Waals surface area contributed by atoms with Crippen molar-refractivity contribution in [1.82, 2.24) is 20.0 Å². The highest BCUT2D eigenvalue weighted by Crippen LogP contribution is 2.21. The maximum atomic E-state index is 12.3. The summed E-state index contributed by atoms with van der Waals surface area (Å²) in [5.41, 5.74) is 0.912. The molecule has 1 aromatic carbocycles. The van der Waals surface area contributed by atoms with Gasteiger partial charge in [0.05, 0.1) is 0 Å². The quantitative estimate of drug-likeness (QED) is 0.736. The van der Waals surface area contributed by atoms with Gasteiger partial charge in [-0.15, -0.1) is 0 Å². The number of nitrogens with zero attached hydrogens (tertiary/aromatic N) is 3. The van der Waals surface area contributed by atoms with Crippen molar-refractivity contribution in [3.63, 3.8) is 0 Å². The molecule has 0 aliphatic carbocycles. The van der Waals surface area contributed by atoms with E-state index in [9.17, 15) is 9.59 Å². The van der Waals surface area contributed by atoms with Gasteiger partial charge in [-0.1, -0.05) is 48.5 Å². The average molecular weight is 352 g/mol. The van der Waals surface area contributed by atoms with E-state index < -0.39 is 0 Å². The summed E-state index contributed by atoms with van der Waals surface area (Å²) in [6.45, 7) is 3.79. The smallest absolute Gasteiger partial charge is 0.274 e. The number of hydrogen-bond donors (Lipinski definition) is 1. The zero-order valence-corrected chi connectivity index (χ0v) is 14.7. The van der Waals surface area contributed by atoms with Gasteiger partial charge in [0, 0.05) is 17.7 Å². The summed E-state index contributed by atoms with van der Waals surface area (Å²) in [5, 5.41) is 6.82. The first kappa shape index (κ1) is 17.6. The number of carbonyl (C=O) groups excluding carboxylic acids is 1. The first-order valence-electron chi connectivity index (χ1n) is 8.47. The molecular weight excluding hydrogens is 332 g/mol. The van der Waals surface area contributed by atoms with Gasteiger partial charge in [0.15, 0.2) is 0 Å². The third-order valence-electron chi connectivity index (χ3n) is 4.05. The van der Waals surface area contributed by atoms with E-state index in [1.165, 1.54) is 10.6 Å². The zero-order valence-electron chi connectivity index (χ0n) is 14.7. The Labute approximate surface area is 150 Å². The highest BCUT2D eigenvalue weighted by molar-refractivity contribution is 5.76. The van der Waals surface area contributed by atoms with Gasteiger partial charge in [0.25, 0.3) is 11.4 Å². The van der Waals surface area contributed by atoms with Crippen molar-refractivity contribution in [3.05, 3.63) is 58.9 Å². The predicted molar refractivity (Wildman–Crippen MR) is 97.3 cm³/mol. The molecule has 1 atom stereocenters. The monoisotopic (exact) mass is 352 g/mol. The van der Waals surface area contributed by atoms with Crippen LogP contribution in [0.15, 0.2) is 57.8 Å². The topological polar surface area (TPSA) is 90.0 Å². The van der Waals surface area contributed by atoms with Crippen LogP contribution in [0.3, 0.4) is 0 Å². The summed E-state index contributed by atoms with van der Waals surface area (Å²) in [7, 11) is 0. The van der Waals surface area contributed by atoms with Gasteiger partial charge >= 0.3 is 0 Å². The van der Waals surface area contributed by atoms with Crippen molar-refractivity contribution in [2.45, 2.75) is 32.9 Å². The van der Waals surface area contributed by atoms with Gasteiger partial charge in [0.1, 0.15) is 12.2 Å². The fraction of sp³-hybridized carbons (Fsp3) is 0.263. The number of carbonyl (C=O) groups is 1. The van der Waals surface area contributed by atoms with Crippen molar-refractivity contribution in [3.8, 4) is 23.0 Å². The van der Waals surface area contributed by atoms with E-state index in [0.29, 0.717) is 11.5 Å². The molecule has 7 nitrogen and oxygen atoms in total. The third kappa shape index (κ3) is 3.88. The van der Waals surface area contributed by atoms with Crippen molar-refractivity contribution in [1.29, 1.82) is 0 Å². The van der Waals surface area contributed by atoms with Crippen LogP contribution in [0.4, 0.5) is 0 Å². The Morgan fingerprint density at radius 2 is 1.96 bits per heavy atom. The molecule has 0 fully saturated rings. The molecule has 2 heterocycles. The predicted octanol–water partition coefficient (Wildman–Crippen LogP) is 2.48. The molecule has 0 saturated heterocycles. The molecule has 134 valence electrons. The Morgan fingerprint density at radius 1 is 1.19 bits per heavy atom. The fourth-order valence-corrected chi connectivity index (χ4v) is 2.47. The lowest BCUT2D eigenvalue weighted by Crippen LogP contribution is -2.37. The normalized spacial score (nSPS) is 11.9. The highest BCUT2D eigenvalue weighted by Gasteiger charge is 2.17. The lowest BCUT2D eigenvalue weighted by molar-refractivity contribution is -0.122. The molecule has 0 unspecified atom stereocenters. The van der Waals surface area contributed by atoms with Crippen molar-refractivity contribution >= 4 is 5.91 Å². The van der Waals surface area contributed by atoms with Crippen LogP contribution in [-0.2, 0) is 11.3 Å². The van der Waals surface area contributed by atoms with E-state index in [1.807, 2.05) is 44.2 Å². The molecule has 0 aliphatic rings. The lowest BCUT2D eigenvalue weighted by Gasteiger charge is -2.13. The summed E-state index contributed by atoms with van der Waals surface area (Å²) < 4.78 is 6.67. The van der Waals surface area contributed by atoms with Crippen molar-refractivity contribution in [2.75, 3.05) is 0 Å². The van der Waals surface area contributed by atoms with Gasteiger partial charge in [-0.05, 0) is 19.4 Å². The number of amides is 1. The number of aromatic nitrogens is 3. The van der Waals surface area contributed by atoms with Crippen LogP contribution >= 0.6 is 0 Å². The molecule has 1 amide bonds. The van der Waals surface area contributed by atoms with Crippen LogP contribution in [0.2, 0.25) is 0 Å². The van der Waals surface area contributed by atoms with E-state index >= 15 is 0 Å². The van der Waals surface area contributed by atoms with Crippen LogP contribution in [0.5, 0.6) is 0 Å². The number of nitrogens with one attached hydrogen (secondary N) is 1. The van der Waals surface area contributed by atoms with Gasteiger partial charge in [-0.3, -0.25) is 14.2 Å². The maximum absolute atomic E-state index is 12.3. The number of rotatable bonds is 6. The van der Waals surface area contributed by atoms with Crippen LogP contribution in [-0.4, -0.2) is 26.7 Å². The van der Waals surface area contributed by atoms with Crippen molar-refractivity contribution in [2.24, 2.45) is 0 Å². The van der Waals surface area contributed by atoms with E-state index in [0.717, 1.165) is 12.0 Å². The Hall–Kier alpha value is -3.22. The highest BCUT2D eigenvalue weighted by atomic mass is 16.5. The van der Waals surface area contributed by atoms with Crippen LogP contribution in [0.25, 0.3) is 23.0 Å². The number of pyridine rings is 1. The van der Waals surface area contributed by atoms with E-state index in [4.69, 9.17) is 4.52 Å². The summed E-state index contributed by atoms with van der Waals surface area (Å²) in [5.74, 6) is 0.377. The zero-order chi connectivity index (χ0) is 18.5. The van der Waals surface area contributed by atoms with Gasteiger partial charge in [0.2, 0.25) is 11.7 Å². The SMILES string of the molecule is CC[C@@H](C)NC(=O)Cn1c(-c2nc(-c3ccccc3)no2)cccc1=O. The standard InChI is InChI=1S/C19H20N4O3/c1-3-13(2)20-16(24)12-23-15(10-7-11-17(23)25)19-21-18(22-26-19)14-8-5-4-6-9-14/h4-11,13H,3,12H2,1-2H3,(H,20,24)/t13-/m1/s1. The Kier molecular flexibility index (Phi) is 5.26. The molecule has 3 aromatic rings. The molecule has 0 spiro atoms. The van der Waals surface area contributed by atoms with Gasteiger partial charge < -0.3 is 9.84 Å². The Morgan fingerprint density at radius 3 is 2.69 bits per heavy atom. The lowest BCUT2D eigenvalue weighted by atomic mass is 10.2. The first-order valence-corrected chi connectivity index (χ1v) is 8.47. The summed E-state index contributed by atoms with van der Waals surface area (Å²) in [6.07, 6.45) is 0.812. The molecule has 0 aliphatic heterocycles. The fourth-order valence-electron chi connectivity index (χ4n) is 2.47. The molecule has 0 saturated carbocycles. The van der Waals surface area contributed by atoms with Gasteiger partial charge in [-0.2, -0.15) is 4.98 Å². The molecule has 3 rings (SSSR count). The molecule has 0 bridgehead atoms. The minimum atomic E-state index is -0.304. The van der Waals surface area contributed by atoms with Crippen molar-refractivity contribution < 1.29 is 9.32 Å². The second kappa shape index (κ2) is 7.77. The summed E-state index contributed by atoms with van der Waals surface area (Å²) in [4.78, 5) is 28.8. The molecular formula is C19H20N4O3. The molecule has 1 N–H and O–H groups in total. The first-order chi connectivity index (χ1) is 12.6. The second-order valence-corrected chi connectivity index (χ2v) is 6.00. The van der Waals surface area contributed by atoms with E-state index in [2.05, 4.69) is 15.5 Å². The summed E-state index contributed by atoms with van der Waals surface area (Å²) in [6, 6.07) is 14.1. The Balaban J connectivity index is 1.92. The number of hydrogen-bond acceptors (Lipinski definition) is 5. The summed E-state index contributed by atoms with van der Waals surface area (Å²) >= 11 is 0. The van der Waals surface area contributed by atoms with E-state index in [1.54, 1.807) is 12.1 Å².